The second-order valence-corrected chi connectivity index (χ2v) is 7.21. The van der Waals surface area contributed by atoms with E-state index in [0.29, 0.717) is 29.6 Å². The molecule has 0 saturated carbocycles. The molecule has 6 nitrogen and oxygen atoms in total. The lowest BCUT2D eigenvalue weighted by atomic mass is 10.1. The zero-order valence-electron chi connectivity index (χ0n) is 14.6. The lowest BCUT2D eigenvalue weighted by molar-refractivity contribution is -0.117. The third-order valence-corrected chi connectivity index (χ3v) is 4.06. The van der Waals surface area contributed by atoms with Crippen molar-refractivity contribution in [2.24, 2.45) is 5.92 Å². The number of nitrogens with zero attached hydrogens (tertiary/aromatic N) is 2. The number of carbonyl (C=O) groups excluding carboxylic acids is 2. The Balaban J connectivity index is 2.08. The number of nitrogens with one attached hydrogen (secondary N) is 1. The van der Waals surface area contributed by atoms with E-state index in [-0.39, 0.29) is 18.4 Å². The predicted octanol–water partition coefficient (Wildman–Crippen LogP) is 3.87. The predicted molar refractivity (Wildman–Crippen MR) is 99.4 cm³/mol. The molecular weight excluding hydrogens is 386 g/mol. The molecule has 0 spiro atoms. The number of rotatable bonds is 7. The summed E-state index contributed by atoms with van der Waals surface area (Å²) in [5.74, 6) is 0.909. The molecule has 2 aromatic rings. The summed E-state index contributed by atoms with van der Waals surface area (Å²) >= 11 is 3.37. The van der Waals surface area contributed by atoms with Crippen LogP contribution >= 0.6 is 15.9 Å². The lowest BCUT2D eigenvalue weighted by Crippen LogP contribution is -2.39. The summed E-state index contributed by atoms with van der Waals surface area (Å²) < 4.78 is 5.75. The molecule has 1 aromatic carbocycles. The van der Waals surface area contributed by atoms with E-state index in [1.165, 1.54) is 0 Å². The van der Waals surface area contributed by atoms with E-state index in [4.69, 9.17) is 4.52 Å². The summed E-state index contributed by atoms with van der Waals surface area (Å²) in [6.45, 7) is 6.38. The van der Waals surface area contributed by atoms with Crippen molar-refractivity contribution < 1.29 is 14.1 Å². The van der Waals surface area contributed by atoms with Crippen LogP contribution in [0, 0.1) is 12.8 Å². The maximum atomic E-state index is 12.8. The number of anilines is 1. The molecule has 0 saturated heterocycles. The molecule has 2 rings (SSSR count). The summed E-state index contributed by atoms with van der Waals surface area (Å²) in [6, 6.07) is 8.79. The van der Waals surface area contributed by atoms with Crippen molar-refractivity contribution in [3.8, 4) is 0 Å². The molecular formula is C18H22BrN3O3. The van der Waals surface area contributed by atoms with Gasteiger partial charge in [-0.05, 0) is 37.5 Å². The monoisotopic (exact) mass is 407 g/mol. The van der Waals surface area contributed by atoms with Gasteiger partial charge in [-0.25, -0.2) is 0 Å². The van der Waals surface area contributed by atoms with Gasteiger partial charge in [0.05, 0.1) is 0 Å². The highest BCUT2D eigenvalue weighted by Crippen LogP contribution is 2.15. The number of carbonyl (C=O) groups is 2. The smallest absolute Gasteiger partial charge is 0.254 e. The van der Waals surface area contributed by atoms with Crippen LogP contribution in [0.2, 0.25) is 0 Å². The second kappa shape index (κ2) is 8.80. The molecule has 1 N–H and O–H groups in total. The number of benzene rings is 1. The second-order valence-electron chi connectivity index (χ2n) is 6.29. The van der Waals surface area contributed by atoms with E-state index in [0.717, 1.165) is 10.9 Å². The number of halogens is 1. The number of hydrogen-bond donors (Lipinski definition) is 1. The van der Waals surface area contributed by atoms with Crippen molar-refractivity contribution in [3.63, 3.8) is 0 Å². The standard InChI is InChI=1S/C18H22BrN3O3/c1-12(2)7-8-22(18(24)14-5-4-6-15(19)10-14)11-17(23)20-16-9-13(3)25-21-16/h4-6,9-10,12H,7-8,11H2,1-3H3,(H,20,21,23). The van der Waals surface area contributed by atoms with Crippen molar-refractivity contribution in [3.05, 3.63) is 46.1 Å². The molecule has 1 heterocycles. The van der Waals surface area contributed by atoms with Crippen LogP contribution in [0.5, 0.6) is 0 Å². The molecule has 0 unspecified atom stereocenters. The van der Waals surface area contributed by atoms with E-state index in [2.05, 4.69) is 40.3 Å². The SMILES string of the molecule is Cc1cc(NC(=O)CN(CCC(C)C)C(=O)c2cccc(Br)c2)no1. The van der Waals surface area contributed by atoms with Crippen LogP contribution in [-0.4, -0.2) is 35.0 Å². The van der Waals surface area contributed by atoms with Crippen LogP contribution in [0.4, 0.5) is 5.82 Å². The molecule has 25 heavy (non-hydrogen) atoms. The molecule has 2 amide bonds. The van der Waals surface area contributed by atoms with Crippen LogP contribution in [0.1, 0.15) is 36.4 Å². The molecule has 0 fully saturated rings. The van der Waals surface area contributed by atoms with Crippen LogP contribution in [0.3, 0.4) is 0 Å². The molecule has 0 aliphatic carbocycles. The van der Waals surface area contributed by atoms with Crippen LogP contribution in [0.25, 0.3) is 0 Å². The maximum Gasteiger partial charge on any atom is 0.254 e. The van der Waals surface area contributed by atoms with Gasteiger partial charge < -0.3 is 14.7 Å². The first-order valence-electron chi connectivity index (χ1n) is 8.13. The topological polar surface area (TPSA) is 75.4 Å². The van der Waals surface area contributed by atoms with Gasteiger partial charge in [-0.1, -0.05) is 41.0 Å². The number of aryl methyl sites for hydroxylation is 1. The minimum Gasteiger partial charge on any atom is -0.360 e. The molecule has 0 radical (unpaired) electrons. The highest BCUT2D eigenvalue weighted by molar-refractivity contribution is 9.10. The van der Waals surface area contributed by atoms with Gasteiger partial charge in [0.15, 0.2) is 5.82 Å². The van der Waals surface area contributed by atoms with Crippen LogP contribution in [-0.2, 0) is 4.79 Å². The number of aromatic nitrogens is 1. The number of amides is 2. The highest BCUT2D eigenvalue weighted by atomic mass is 79.9. The zero-order valence-corrected chi connectivity index (χ0v) is 16.2. The fourth-order valence-corrected chi connectivity index (χ4v) is 2.65. The first kappa shape index (κ1) is 19.2. The first-order chi connectivity index (χ1) is 11.8. The van der Waals surface area contributed by atoms with Crippen molar-refractivity contribution in [1.29, 1.82) is 0 Å². The Labute approximate surface area is 155 Å². The quantitative estimate of drug-likeness (QED) is 0.755. The van der Waals surface area contributed by atoms with Gasteiger partial charge in [-0.15, -0.1) is 0 Å². The maximum absolute atomic E-state index is 12.8. The first-order valence-corrected chi connectivity index (χ1v) is 8.92. The highest BCUT2D eigenvalue weighted by Gasteiger charge is 2.20. The van der Waals surface area contributed by atoms with E-state index >= 15 is 0 Å². The zero-order chi connectivity index (χ0) is 18.4. The van der Waals surface area contributed by atoms with Crippen molar-refractivity contribution in [1.82, 2.24) is 10.1 Å². The third-order valence-electron chi connectivity index (χ3n) is 3.57. The molecule has 7 heteroatoms. The van der Waals surface area contributed by atoms with Gasteiger partial charge in [-0.3, -0.25) is 9.59 Å². The Morgan fingerprint density at radius 2 is 2.08 bits per heavy atom. The summed E-state index contributed by atoms with van der Waals surface area (Å²) in [7, 11) is 0. The fourth-order valence-electron chi connectivity index (χ4n) is 2.25. The Morgan fingerprint density at radius 3 is 2.68 bits per heavy atom. The fraction of sp³-hybridized carbons (Fsp3) is 0.389. The van der Waals surface area contributed by atoms with Crippen molar-refractivity contribution in [2.45, 2.75) is 27.2 Å². The summed E-state index contributed by atoms with van der Waals surface area (Å²) in [4.78, 5) is 26.6. The van der Waals surface area contributed by atoms with E-state index in [1.807, 2.05) is 6.07 Å². The minimum atomic E-state index is -0.305. The van der Waals surface area contributed by atoms with E-state index in [1.54, 1.807) is 36.1 Å². The van der Waals surface area contributed by atoms with Crippen LogP contribution < -0.4 is 5.32 Å². The Morgan fingerprint density at radius 1 is 1.32 bits per heavy atom. The summed E-state index contributed by atoms with van der Waals surface area (Å²) in [5, 5.41) is 6.39. The molecule has 0 aliphatic rings. The van der Waals surface area contributed by atoms with Gasteiger partial charge in [0.2, 0.25) is 5.91 Å². The van der Waals surface area contributed by atoms with Crippen LogP contribution in [0.15, 0.2) is 39.3 Å². The van der Waals surface area contributed by atoms with Gasteiger partial charge >= 0.3 is 0 Å². The van der Waals surface area contributed by atoms with Gasteiger partial charge in [0, 0.05) is 22.6 Å². The van der Waals surface area contributed by atoms with Gasteiger partial charge in [0.25, 0.3) is 5.91 Å². The normalized spacial score (nSPS) is 10.8. The largest absolute Gasteiger partial charge is 0.360 e. The Hall–Kier alpha value is -2.15. The van der Waals surface area contributed by atoms with Crippen molar-refractivity contribution in [2.75, 3.05) is 18.4 Å². The minimum absolute atomic E-state index is 0.0377. The third kappa shape index (κ3) is 6.01. The van der Waals surface area contributed by atoms with Crippen molar-refractivity contribution >= 4 is 33.6 Å². The van der Waals surface area contributed by atoms with Gasteiger partial charge in [0.1, 0.15) is 12.3 Å². The van der Waals surface area contributed by atoms with E-state index in [9.17, 15) is 9.59 Å². The van der Waals surface area contributed by atoms with E-state index < -0.39 is 0 Å². The van der Waals surface area contributed by atoms with Gasteiger partial charge in [-0.2, -0.15) is 0 Å². The summed E-state index contributed by atoms with van der Waals surface area (Å²) in [5.41, 5.74) is 0.545. The Kier molecular flexibility index (Phi) is 6.75. The lowest BCUT2D eigenvalue weighted by Gasteiger charge is -2.23. The Bertz CT molecular complexity index is 743. The molecule has 0 aliphatic heterocycles. The molecule has 0 bridgehead atoms. The average Bonchev–Trinajstić information content (AvgIpc) is 2.95. The summed E-state index contributed by atoms with van der Waals surface area (Å²) in [6.07, 6.45) is 0.816. The molecule has 134 valence electrons. The number of hydrogen-bond acceptors (Lipinski definition) is 4. The average molecular weight is 408 g/mol. The molecule has 1 aromatic heterocycles. The molecule has 0 atom stereocenters.